The lowest BCUT2D eigenvalue weighted by molar-refractivity contribution is -0.141. The van der Waals surface area contributed by atoms with E-state index in [4.69, 9.17) is 9.84 Å². The highest BCUT2D eigenvalue weighted by molar-refractivity contribution is 7.99. The maximum atomic E-state index is 12.2. The van der Waals surface area contributed by atoms with Gasteiger partial charge < -0.3 is 25.4 Å². The molecule has 0 aliphatic heterocycles. The summed E-state index contributed by atoms with van der Waals surface area (Å²) >= 11 is 1.31. The molecule has 0 aromatic heterocycles. The first kappa shape index (κ1) is 24.6. The molecule has 0 fully saturated rings. The van der Waals surface area contributed by atoms with E-state index in [9.17, 15) is 14.4 Å². The van der Waals surface area contributed by atoms with E-state index >= 15 is 0 Å². The normalized spacial score (nSPS) is 13.2. The lowest BCUT2D eigenvalue weighted by atomic mass is 9.98. The Morgan fingerprint density at radius 3 is 2.24 bits per heavy atom. The number of carboxylic acids is 1. The van der Waals surface area contributed by atoms with E-state index < -0.39 is 18.1 Å². The second-order valence-electron chi connectivity index (χ2n) is 8.03. The van der Waals surface area contributed by atoms with E-state index in [0.29, 0.717) is 12.3 Å². The minimum Gasteiger partial charge on any atom is -0.480 e. The lowest BCUT2D eigenvalue weighted by Crippen LogP contribution is -2.47. The smallest absolute Gasteiger partial charge is 0.407 e. The predicted octanol–water partition coefficient (Wildman–Crippen LogP) is 2.39. The van der Waals surface area contributed by atoms with Crippen molar-refractivity contribution < 1.29 is 24.2 Å². The van der Waals surface area contributed by atoms with Gasteiger partial charge in [-0.05, 0) is 36.3 Å². The van der Waals surface area contributed by atoms with Gasteiger partial charge in [-0.3, -0.25) is 4.79 Å². The molecular formula is C24H29N3O5S. The Kier molecular flexibility index (Phi) is 8.73. The third kappa shape index (κ3) is 6.72. The minimum atomic E-state index is -1.07. The number of carbonyl (C=O) groups is 3. The quantitative estimate of drug-likeness (QED) is 0.432. The predicted molar refractivity (Wildman–Crippen MR) is 129 cm³/mol. The van der Waals surface area contributed by atoms with Crippen LogP contribution in [-0.4, -0.2) is 79.3 Å². The largest absolute Gasteiger partial charge is 0.480 e. The van der Waals surface area contributed by atoms with Gasteiger partial charge in [0.2, 0.25) is 5.91 Å². The summed E-state index contributed by atoms with van der Waals surface area (Å²) < 4.78 is 5.47. The van der Waals surface area contributed by atoms with Crippen molar-refractivity contribution in [2.75, 3.05) is 45.3 Å². The van der Waals surface area contributed by atoms with Crippen molar-refractivity contribution in [1.29, 1.82) is 0 Å². The van der Waals surface area contributed by atoms with Crippen LogP contribution in [0.4, 0.5) is 4.79 Å². The number of carbonyl (C=O) groups excluding carboxylic acids is 2. The molecule has 2 aromatic carbocycles. The molecule has 0 saturated carbocycles. The molecular weight excluding hydrogens is 442 g/mol. The Balaban J connectivity index is 1.37. The molecule has 3 N–H and O–H groups in total. The van der Waals surface area contributed by atoms with E-state index in [1.54, 1.807) is 19.0 Å². The van der Waals surface area contributed by atoms with Crippen LogP contribution in [0.25, 0.3) is 11.1 Å². The number of ether oxygens (including phenoxy) is 1. The Morgan fingerprint density at radius 1 is 1.06 bits per heavy atom. The Labute approximate surface area is 197 Å². The van der Waals surface area contributed by atoms with Gasteiger partial charge in [0, 0.05) is 24.8 Å². The molecule has 1 aliphatic carbocycles. The molecule has 0 heterocycles. The summed E-state index contributed by atoms with van der Waals surface area (Å²) in [4.78, 5) is 37.0. The zero-order valence-corrected chi connectivity index (χ0v) is 19.6. The number of likely N-dealkylation sites (N-methyl/N-ethyl adjacent to an activating group) is 1. The number of hydrogen-bond donors (Lipinski definition) is 3. The summed E-state index contributed by atoms with van der Waals surface area (Å²) in [5.41, 5.74) is 4.66. The van der Waals surface area contributed by atoms with Gasteiger partial charge in [-0.1, -0.05) is 48.5 Å². The molecule has 1 atom stereocenters. The van der Waals surface area contributed by atoms with Gasteiger partial charge in [0.05, 0.1) is 5.75 Å². The number of nitrogens with zero attached hydrogens (tertiary/aromatic N) is 1. The molecule has 3 rings (SSSR count). The van der Waals surface area contributed by atoms with Gasteiger partial charge >= 0.3 is 12.1 Å². The lowest BCUT2D eigenvalue weighted by Gasteiger charge is -2.18. The van der Waals surface area contributed by atoms with Crippen molar-refractivity contribution in [2.45, 2.75) is 12.0 Å². The fraction of sp³-hybridized carbons (Fsp3) is 0.375. The fourth-order valence-electron chi connectivity index (χ4n) is 3.83. The molecule has 33 heavy (non-hydrogen) atoms. The third-order valence-electron chi connectivity index (χ3n) is 5.27. The number of aliphatic carboxylic acids is 1. The molecule has 0 bridgehead atoms. The van der Waals surface area contributed by atoms with Gasteiger partial charge in [-0.25, -0.2) is 9.59 Å². The zero-order chi connectivity index (χ0) is 23.8. The van der Waals surface area contributed by atoms with Crippen LogP contribution in [0, 0.1) is 0 Å². The average molecular weight is 472 g/mol. The summed E-state index contributed by atoms with van der Waals surface area (Å²) in [7, 11) is 3.48. The number of fused-ring (bicyclic) bond motifs is 3. The SMILES string of the molecule is CN(C)C[C@H](NC(=O)CSCCNC(=O)OCC1c2ccccc2-c2ccccc21)C(=O)O. The monoisotopic (exact) mass is 471 g/mol. The van der Waals surface area contributed by atoms with Gasteiger partial charge in [0.1, 0.15) is 12.6 Å². The Morgan fingerprint density at radius 2 is 1.67 bits per heavy atom. The van der Waals surface area contributed by atoms with E-state index in [1.165, 1.54) is 22.9 Å². The molecule has 0 saturated heterocycles. The molecule has 0 unspecified atom stereocenters. The molecule has 2 amide bonds. The average Bonchev–Trinajstić information content (AvgIpc) is 3.10. The second-order valence-corrected chi connectivity index (χ2v) is 9.13. The van der Waals surface area contributed by atoms with Crippen LogP contribution in [0.1, 0.15) is 17.0 Å². The minimum absolute atomic E-state index is 0.00516. The van der Waals surface area contributed by atoms with Crippen LogP contribution in [0.3, 0.4) is 0 Å². The van der Waals surface area contributed by atoms with Crippen LogP contribution in [-0.2, 0) is 14.3 Å². The standard InChI is InChI=1S/C24H29N3O5S/c1-27(2)13-21(23(29)30)26-22(28)15-33-12-11-25-24(31)32-14-20-18-9-5-3-7-16(18)17-8-4-6-10-19(17)20/h3-10,20-21H,11-15H2,1-2H3,(H,25,31)(H,26,28)(H,29,30)/t21-/m0/s1. The highest BCUT2D eigenvalue weighted by Crippen LogP contribution is 2.44. The van der Waals surface area contributed by atoms with E-state index in [0.717, 1.165) is 11.1 Å². The van der Waals surface area contributed by atoms with Gasteiger partial charge in [-0.15, -0.1) is 0 Å². The van der Waals surface area contributed by atoms with Gasteiger partial charge in [0.15, 0.2) is 0 Å². The van der Waals surface area contributed by atoms with Crippen molar-refractivity contribution >= 4 is 29.7 Å². The maximum absolute atomic E-state index is 12.2. The zero-order valence-electron chi connectivity index (χ0n) is 18.7. The second kappa shape index (κ2) is 11.7. The summed E-state index contributed by atoms with van der Waals surface area (Å²) in [6.45, 7) is 0.807. The number of thioether (sulfide) groups is 1. The molecule has 8 nitrogen and oxygen atoms in total. The topological polar surface area (TPSA) is 108 Å². The van der Waals surface area contributed by atoms with E-state index in [2.05, 4.69) is 34.9 Å². The summed E-state index contributed by atoms with van der Waals surface area (Å²) in [6.07, 6.45) is -0.501. The highest BCUT2D eigenvalue weighted by atomic mass is 32.2. The number of alkyl carbamates (subject to hydrolysis) is 1. The van der Waals surface area contributed by atoms with Gasteiger partial charge in [-0.2, -0.15) is 11.8 Å². The maximum Gasteiger partial charge on any atom is 0.407 e. The molecule has 0 radical (unpaired) electrons. The van der Waals surface area contributed by atoms with Crippen LogP contribution >= 0.6 is 11.8 Å². The van der Waals surface area contributed by atoms with Crippen LogP contribution in [0.5, 0.6) is 0 Å². The third-order valence-corrected chi connectivity index (χ3v) is 6.23. The highest BCUT2D eigenvalue weighted by Gasteiger charge is 2.29. The first-order valence-electron chi connectivity index (χ1n) is 10.7. The van der Waals surface area contributed by atoms with E-state index in [1.807, 2.05) is 24.3 Å². The number of rotatable bonds is 11. The molecule has 1 aliphatic rings. The van der Waals surface area contributed by atoms with Crippen LogP contribution in [0.15, 0.2) is 48.5 Å². The van der Waals surface area contributed by atoms with Crippen molar-refractivity contribution in [3.05, 3.63) is 59.7 Å². The molecule has 2 aromatic rings. The number of amides is 2. The number of nitrogens with one attached hydrogen (secondary N) is 2. The van der Waals surface area contributed by atoms with E-state index in [-0.39, 0.29) is 30.7 Å². The first-order chi connectivity index (χ1) is 15.9. The van der Waals surface area contributed by atoms with Crippen LogP contribution in [0.2, 0.25) is 0 Å². The Bertz CT molecular complexity index is 952. The number of carboxylic acid groups (broad SMARTS) is 1. The summed E-state index contributed by atoms with van der Waals surface area (Å²) in [5, 5.41) is 14.4. The molecule has 0 spiro atoms. The molecule has 176 valence electrons. The summed E-state index contributed by atoms with van der Waals surface area (Å²) in [6, 6.07) is 15.3. The Hall–Kier alpha value is -3.04. The fourth-order valence-corrected chi connectivity index (χ4v) is 4.49. The van der Waals surface area contributed by atoms with Crippen molar-refractivity contribution in [3.63, 3.8) is 0 Å². The molecule has 9 heteroatoms. The van der Waals surface area contributed by atoms with Gasteiger partial charge in [0.25, 0.3) is 0 Å². The number of benzene rings is 2. The van der Waals surface area contributed by atoms with Crippen molar-refractivity contribution in [2.24, 2.45) is 0 Å². The van der Waals surface area contributed by atoms with Crippen molar-refractivity contribution in [1.82, 2.24) is 15.5 Å². The first-order valence-corrected chi connectivity index (χ1v) is 11.9. The number of hydrogen-bond acceptors (Lipinski definition) is 6. The van der Waals surface area contributed by atoms with Crippen LogP contribution < -0.4 is 10.6 Å². The van der Waals surface area contributed by atoms with Crippen molar-refractivity contribution in [3.8, 4) is 11.1 Å². The summed E-state index contributed by atoms with van der Waals surface area (Å²) in [5.74, 6) is -0.799.